The van der Waals surface area contributed by atoms with Gasteiger partial charge in [-0.25, -0.2) is 8.78 Å². The Morgan fingerprint density at radius 1 is 1.31 bits per heavy atom. The van der Waals surface area contributed by atoms with Gasteiger partial charge in [-0.3, -0.25) is 0 Å². The van der Waals surface area contributed by atoms with Crippen molar-refractivity contribution in [3.05, 3.63) is 23.8 Å². The first-order valence-corrected chi connectivity index (χ1v) is 5.01. The normalized spacial score (nSPS) is 10.4. The Labute approximate surface area is 80.3 Å². The Balaban J connectivity index is 2.92. The van der Waals surface area contributed by atoms with E-state index in [-0.39, 0.29) is 10.6 Å². The van der Waals surface area contributed by atoms with Crippen molar-refractivity contribution in [3.8, 4) is 0 Å². The van der Waals surface area contributed by atoms with Crippen LogP contribution >= 0.6 is 11.8 Å². The van der Waals surface area contributed by atoms with Gasteiger partial charge < -0.3 is 5.73 Å². The Morgan fingerprint density at radius 3 is 2.31 bits per heavy atom. The Bertz CT molecular complexity index is 279. The van der Waals surface area contributed by atoms with Gasteiger partial charge in [0, 0.05) is 5.69 Å². The molecule has 0 aliphatic carbocycles. The number of anilines is 1. The molecule has 72 valence electrons. The van der Waals surface area contributed by atoms with Crippen LogP contribution in [0.5, 0.6) is 0 Å². The van der Waals surface area contributed by atoms with Crippen LogP contribution in [-0.2, 0) is 0 Å². The summed E-state index contributed by atoms with van der Waals surface area (Å²) >= 11 is 1.18. The van der Waals surface area contributed by atoms with Crippen molar-refractivity contribution >= 4 is 17.4 Å². The van der Waals surface area contributed by atoms with E-state index in [4.69, 9.17) is 5.73 Å². The highest BCUT2D eigenvalue weighted by Gasteiger charge is 2.09. The summed E-state index contributed by atoms with van der Waals surface area (Å²) in [7, 11) is 0. The van der Waals surface area contributed by atoms with Gasteiger partial charge in [-0.15, -0.1) is 11.8 Å². The van der Waals surface area contributed by atoms with Gasteiger partial charge in [0.25, 0.3) is 0 Å². The molecular formula is C9H11F2NS. The number of thioether (sulfide) groups is 1. The number of benzene rings is 1. The summed E-state index contributed by atoms with van der Waals surface area (Å²) in [5.41, 5.74) is 5.39. The van der Waals surface area contributed by atoms with E-state index in [1.807, 2.05) is 6.92 Å². The fourth-order valence-electron chi connectivity index (χ4n) is 0.922. The van der Waals surface area contributed by atoms with Crippen LogP contribution in [-0.4, -0.2) is 5.75 Å². The second kappa shape index (κ2) is 4.46. The van der Waals surface area contributed by atoms with Crippen LogP contribution in [0.1, 0.15) is 13.3 Å². The first-order chi connectivity index (χ1) is 6.15. The molecule has 0 radical (unpaired) electrons. The summed E-state index contributed by atoms with van der Waals surface area (Å²) in [6.07, 6.45) is 0.883. The van der Waals surface area contributed by atoms with Gasteiger partial charge in [-0.1, -0.05) is 6.92 Å². The number of hydrogen-bond donors (Lipinski definition) is 1. The number of halogens is 2. The predicted molar refractivity (Wildman–Crippen MR) is 51.8 cm³/mol. The van der Waals surface area contributed by atoms with Gasteiger partial charge in [0.15, 0.2) is 0 Å². The van der Waals surface area contributed by atoms with Crippen LogP contribution < -0.4 is 5.73 Å². The van der Waals surface area contributed by atoms with Crippen LogP contribution in [0.25, 0.3) is 0 Å². The summed E-state index contributed by atoms with van der Waals surface area (Å²) < 4.78 is 26.2. The second-order valence-corrected chi connectivity index (χ2v) is 3.77. The molecule has 2 N–H and O–H groups in total. The number of hydrogen-bond acceptors (Lipinski definition) is 2. The lowest BCUT2D eigenvalue weighted by Crippen LogP contribution is -1.93. The van der Waals surface area contributed by atoms with E-state index in [9.17, 15) is 8.78 Å². The zero-order valence-corrected chi connectivity index (χ0v) is 8.13. The lowest BCUT2D eigenvalue weighted by atomic mass is 10.3. The SMILES string of the molecule is CCCSc1c(F)cc(N)cc1F. The van der Waals surface area contributed by atoms with Crippen molar-refractivity contribution in [1.82, 2.24) is 0 Å². The molecule has 0 heterocycles. The van der Waals surface area contributed by atoms with E-state index in [1.165, 1.54) is 11.8 Å². The minimum absolute atomic E-state index is 0.0658. The summed E-state index contributed by atoms with van der Waals surface area (Å²) in [6, 6.07) is 2.28. The van der Waals surface area contributed by atoms with Gasteiger partial charge in [0.2, 0.25) is 0 Å². The fourth-order valence-corrected chi connectivity index (χ4v) is 1.72. The molecule has 0 fully saturated rings. The zero-order chi connectivity index (χ0) is 9.84. The summed E-state index contributed by atoms with van der Waals surface area (Å²) in [5, 5.41) is 0. The molecule has 13 heavy (non-hydrogen) atoms. The molecule has 0 aliphatic heterocycles. The molecule has 0 saturated heterocycles. The summed E-state index contributed by atoms with van der Waals surface area (Å²) in [5.74, 6) is -0.440. The minimum atomic E-state index is -0.573. The number of nitrogens with two attached hydrogens (primary N) is 1. The fraction of sp³-hybridized carbons (Fsp3) is 0.333. The number of nitrogen functional groups attached to an aromatic ring is 1. The van der Waals surface area contributed by atoms with Crippen LogP contribution in [0.4, 0.5) is 14.5 Å². The molecule has 4 heteroatoms. The maximum absolute atomic E-state index is 13.1. The van der Waals surface area contributed by atoms with E-state index in [0.29, 0.717) is 5.75 Å². The average molecular weight is 203 g/mol. The highest BCUT2D eigenvalue weighted by Crippen LogP contribution is 2.27. The predicted octanol–water partition coefficient (Wildman–Crippen LogP) is 3.05. The zero-order valence-electron chi connectivity index (χ0n) is 7.31. The largest absolute Gasteiger partial charge is 0.399 e. The lowest BCUT2D eigenvalue weighted by molar-refractivity contribution is 0.542. The molecule has 0 aliphatic rings. The second-order valence-electron chi connectivity index (χ2n) is 2.66. The van der Waals surface area contributed by atoms with E-state index in [2.05, 4.69) is 0 Å². The van der Waals surface area contributed by atoms with Gasteiger partial charge in [-0.2, -0.15) is 0 Å². The highest BCUT2D eigenvalue weighted by atomic mass is 32.2. The highest BCUT2D eigenvalue weighted by molar-refractivity contribution is 7.99. The molecule has 0 atom stereocenters. The average Bonchev–Trinajstić information content (AvgIpc) is 2.02. The molecule has 1 rings (SSSR count). The molecule has 0 bridgehead atoms. The van der Waals surface area contributed by atoms with Gasteiger partial charge in [0.05, 0.1) is 4.90 Å². The smallest absolute Gasteiger partial charge is 0.141 e. The molecule has 0 saturated carbocycles. The molecule has 0 amide bonds. The maximum atomic E-state index is 13.1. The third-order valence-electron chi connectivity index (χ3n) is 1.47. The monoisotopic (exact) mass is 203 g/mol. The van der Waals surface area contributed by atoms with E-state index < -0.39 is 11.6 Å². The molecule has 1 aromatic rings. The van der Waals surface area contributed by atoms with Gasteiger partial charge in [-0.05, 0) is 24.3 Å². The van der Waals surface area contributed by atoms with Gasteiger partial charge >= 0.3 is 0 Å². The van der Waals surface area contributed by atoms with Crippen molar-refractivity contribution in [2.75, 3.05) is 11.5 Å². The Morgan fingerprint density at radius 2 is 1.85 bits per heavy atom. The maximum Gasteiger partial charge on any atom is 0.141 e. The van der Waals surface area contributed by atoms with Crippen molar-refractivity contribution < 1.29 is 8.78 Å². The summed E-state index contributed by atoms with van der Waals surface area (Å²) in [4.78, 5) is 0.0658. The molecular weight excluding hydrogens is 192 g/mol. The molecule has 0 unspecified atom stereocenters. The third kappa shape index (κ3) is 2.59. The summed E-state index contributed by atoms with van der Waals surface area (Å²) in [6.45, 7) is 1.96. The Kier molecular flexibility index (Phi) is 3.54. The molecule has 0 aromatic heterocycles. The first-order valence-electron chi connectivity index (χ1n) is 4.02. The van der Waals surface area contributed by atoms with Crippen molar-refractivity contribution in [2.24, 2.45) is 0 Å². The van der Waals surface area contributed by atoms with Crippen molar-refractivity contribution in [1.29, 1.82) is 0 Å². The lowest BCUT2D eigenvalue weighted by Gasteiger charge is -2.04. The van der Waals surface area contributed by atoms with Gasteiger partial charge in [0.1, 0.15) is 11.6 Å². The van der Waals surface area contributed by atoms with Crippen LogP contribution in [0.3, 0.4) is 0 Å². The minimum Gasteiger partial charge on any atom is -0.399 e. The molecule has 1 nitrogen and oxygen atoms in total. The van der Waals surface area contributed by atoms with Crippen molar-refractivity contribution in [3.63, 3.8) is 0 Å². The van der Waals surface area contributed by atoms with Crippen LogP contribution in [0.15, 0.2) is 17.0 Å². The molecule has 0 spiro atoms. The van der Waals surface area contributed by atoms with E-state index in [0.717, 1.165) is 18.6 Å². The van der Waals surface area contributed by atoms with Crippen LogP contribution in [0.2, 0.25) is 0 Å². The quantitative estimate of drug-likeness (QED) is 0.603. The Hall–Kier alpha value is -0.770. The van der Waals surface area contributed by atoms with Crippen LogP contribution in [0, 0.1) is 11.6 Å². The van der Waals surface area contributed by atoms with Crippen molar-refractivity contribution in [2.45, 2.75) is 18.2 Å². The number of rotatable bonds is 3. The molecule has 1 aromatic carbocycles. The third-order valence-corrected chi connectivity index (χ3v) is 2.76. The van der Waals surface area contributed by atoms with E-state index >= 15 is 0 Å². The first kappa shape index (κ1) is 10.3. The standard InChI is InChI=1S/C9H11F2NS/c1-2-3-13-9-7(10)4-6(12)5-8(9)11/h4-5H,2-3,12H2,1H3. The van der Waals surface area contributed by atoms with E-state index in [1.54, 1.807) is 0 Å². The topological polar surface area (TPSA) is 26.0 Å².